The molecule has 18 nitrogen and oxygen atoms in total. The average Bonchev–Trinajstić information content (AvgIpc) is 2.80. The number of guanidine groups is 1. The molecule has 0 bridgehead atoms. The third-order valence-corrected chi connectivity index (χ3v) is 4.86. The van der Waals surface area contributed by atoms with Gasteiger partial charge in [-0.2, -0.15) is 0 Å². The highest BCUT2D eigenvalue weighted by Crippen LogP contribution is 2.05. The molecule has 18 heteroatoms. The van der Waals surface area contributed by atoms with Gasteiger partial charge in [-0.25, -0.2) is 4.79 Å². The van der Waals surface area contributed by atoms with Crippen LogP contribution in [0, 0.1) is 0 Å². The minimum Gasteiger partial charge on any atom is -0.481 e. The highest BCUT2D eigenvalue weighted by molar-refractivity contribution is 5.95. The molecule has 3 amide bonds. The SMILES string of the molecule is NC(N)=NCCCC(NC(=O)C(CC(=O)O)NC(=O)C(CCC(=O)O)NC(=O)C(N)CCC(=O)O)C(=O)O. The van der Waals surface area contributed by atoms with E-state index in [-0.39, 0.29) is 31.8 Å². The number of nitrogens with one attached hydrogen (secondary N) is 3. The molecule has 0 aromatic carbocycles. The maximum Gasteiger partial charge on any atom is 0.326 e. The summed E-state index contributed by atoms with van der Waals surface area (Å²) in [5.74, 6) is -9.08. The topological polar surface area (TPSA) is 327 Å². The summed E-state index contributed by atoms with van der Waals surface area (Å²) in [5.41, 5.74) is 15.9. The molecule has 0 saturated carbocycles. The van der Waals surface area contributed by atoms with E-state index in [2.05, 4.69) is 20.9 Å². The number of rotatable bonds is 19. The van der Waals surface area contributed by atoms with Gasteiger partial charge in [0.2, 0.25) is 17.7 Å². The van der Waals surface area contributed by atoms with Crippen molar-refractivity contribution in [1.29, 1.82) is 0 Å². The first-order chi connectivity index (χ1) is 17.6. The maximum atomic E-state index is 12.8. The highest BCUT2D eigenvalue weighted by Gasteiger charge is 2.31. The summed E-state index contributed by atoms with van der Waals surface area (Å²) in [5, 5.41) is 42.5. The van der Waals surface area contributed by atoms with Crippen LogP contribution in [0.4, 0.5) is 0 Å². The van der Waals surface area contributed by atoms with Crippen molar-refractivity contribution in [3.8, 4) is 0 Å². The normalized spacial score (nSPS) is 13.6. The van der Waals surface area contributed by atoms with Crippen LogP contribution in [0.15, 0.2) is 4.99 Å². The largest absolute Gasteiger partial charge is 0.481 e. The van der Waals surface area contributed by atoms with E-state index >= 15 is 0 Å². The third kappa shape index (κ3) is 14.8. The molecule has 0 aliphatic rings. The van der Waals surface area contributed by atoms with Crippen molar-refractivity contribution >= 4 is 47.6 Å². The molecule has 0 aliphatic carbocycles. The van der Waals surface area contributed by atoms with Crippen molar-refractivity contribution < 1.29 is 54.0 Å². The second-order valence-corrected chi connectivity index (χ2v) is 8.04. The number of nitrogens with two attached hydrogens (primary N) is 3. The number of amides is 3. The second kappa shape index (κ2) is 17.1. The molecule has 4 atom stereocenters. The van der Waals surface area contributed by atoms with Gasteiger partial charge < -0.3 is 53.6 Å². The fraction of sp³-hybridized carbons (Fsp3) is 0.600. The van der Waals surface area contributed by atoms with Crippen molar-refractivity contribution in [3.05, 3.63) is 0 Å². The maximum absolute atomic E-state index is 12.8. The summed E-state index contributed by atoms with van der Waals surface area (Å²) in [6.07, 6.45) is -2.84. The Hall–Kier alpha value is -4.48. The van der Waals surface area contributed by atoms with Crippen LogP contribution in [-0.2, 0) is 33.6 Å². The zero-order chi connectivity index (χ0) is 29.4. The van der Waals surface area contributed by atoms with Crippen molar-refractivity contribution in [3.63, 3.8) is 0 Å². The molecule has 0 heterocycles. The van der Waals surface area contributed by atoms with E-state index < -0.39 is 91.4 Å². The number of hydrogen-bond donors (Lipinski definition) is 10. The number of aliphatic carboxylic acids is 4. The van der Waals surface area contributed by atoms with Gasteiger partial charge in [0.15, 0.2) is 5.96 Å². The Morgan fingerprint density at radius 3 is 1.66 bits per heavy atom. The first-order valence-corrected chi connectivity index (χ1v) is 11.2. The van der Waals surface area contributed by atoms with E-state index in [0.717, 1.165) is 0 Å². The van der Waals surface area contributed by atoms with Crippen molar-refractivity contribution in [2.75, 3.05) is 6.54 Å². The van der Waals surface area contributed by atoms with Crippen LogP contribution in [0.1, 0.15) is 44.9 Å². The molecule has 0 aromatic rings. The molecule has 0 radical (unpaired) electrons. The Morgan fingerprint density at radius 1 is 0.658 bits per heavy atom. The molecular weight excluding hydrogens is 514 g/mol. The quantitative estimate of drug-likeness (QED) is 0.0420. The van der Waals surface area contributed by atoms with Gasteiger partial charge in [-0.1, -0.05) is 0 Å². The highest BCUT2D eigenvalue weighted by atomic mass is 16.4. The van der Waals surface area contributed by atoms with Gasteiger partial charge in [0.1, 0.15) is 18.1 Å². The number of carbonyl (C=O) groups is 7. The van der Waals surface area contributed by atoms with E-state index in [1.807, 2.05) is 0 Å². The first kappa shape index (κ1) is 33.5. The van der Waals surface area contributed by atoms with E-state index in [9.17, 15) is 38.7 Å². The lowest BCUT2D eigenvalue weighted by molar-refractivity contribution is -0.144. The first-order valence-electron chi connectivity index (χ1n) is 11.2. The van der Waals surface area contributed by atoms with Gasteiger partial charge in [-0.15, -0.1) is 0 Å². The number of hydrogen-bond acceptors (Lipinski definition) is 9. The molecule has 0 rings (SSSR count). The molecule has 4 unspecified atom stereocenters. The zero-order valence-electron chi connectivity index (χ0n) is 20.3. The predicted molar refractivity (Wildman–Crippen MR) is 127 cm³/mol. The van der Waals surface area contributed by atoms with Gasteiger partial charge in [0.05, 0.1) is 12.5 Å². The fourth-order valence-electron chi connectivity index (χ4n) is 2.91. The van der Waals surface area contributed by atoms with Crippen molar-refractivity contribution in [1.82, 2.24) is 16.0 Å². The Morgan fingerprint density at radius 2 is 1.16 bits per heavy atom. The van der Waals surface area contributed by atoms with Crippen LogP contribution >= 0.6 is 0 Å². The number of aliphatic imine (C=N–C) groups is 1. The molecule has 38 heavy (non-hydrogen) atoms. The van der Waals surface area contributed by atoms with Crippen LogP contribution in [0.5, 0.6) is 0 Å². The summed E-state index contributed by atoms with van der Waals surface area (Å²) in [4.78, 5) is 85.8. The minimum absolute atomic E-state index is 0.0524. The lowest BCUT2D eigenvalue weighted by atomic mass is 10.1. The van der Waals surface area contributed by atoms with Gasteiger partial charge in [0, 0.05) is 19.4 Å². The molecule has 0 aliphatic heterocycles. The Labute approximate surface area is 216 Å². The van der Waals surface area contributed by atoms with Crippen molar-refractivity contribution in [2.45, 2.75) is 69.1 Å². The number of carboxylic acids is 4. The molecular formula is C20H33N7O11. The second-order valence-electron chi connectivity index (χ2n) is 8.04. The van der Waals surface area contributed by atoms with E-state index in [4.69, 9.17) is 32.5 Å². The lowest BCUT2D eigenvalue weighted by Crippen LogP contribution is -2.57. The van der Waals surface area contributed by atoms with Crippen LogP contribution in [-0.4, -0.2) is 98.7 Å². The molecule has 0 aromatic heterocycles. The van der Waals surface area contributed by atoms with E-state index in [1.54, 1.807) is 0 Å². The average molecular weight is 548 g/mol. The molecule has 13 N–H and O–H groups in total. The summed E-state index contributed by atoms with van der Waals surface area (Å²) in [6.45, 7) is 0.0524. The lowest BCUT2D eigenvalue weighted by Gasteiger charge is -2.24. The van der Waals surface area contributed by atoms with Crippen LogP contribution in [0.2, 0.25) is 0 Å². The summed E-state index contributed by atoms with van der Waals surface area (Å²) in [6, 6.07) is -6.24. The van der Waals surface area contributed by atoms with Crippen LogP contribution in [0.3, 0.4) is 0 Å². The number of nitrogens with zero attached hydrogens (tertiary/aromatic N) is 1. The molecule has 0 saturated heterocycles. The Balaban J connectivity index is 5.55. The van der Waals surface area contributed by atoms with E-state index in [0.29, 0.717) is 0 Å². The van der Waals surface area contributed by atoms with Gasteiger partial charge in [-0.3, -0.25) is 33.8 Å². The molecule has 214 valence electrons. The fourth-order valence-corrected chi connectivity index (χ4v) is 2.91. The van der Waals surface area contributed by atoms with Gasteiger partial charge >= 0.3 is 23.9 Å². The number of carboxylic acid groups (broad SMARTS) is 4. The predicted octanol–water partition coefficient (Wildman–Crippen LogP) is -3.89. The zero-order valence-corrected chi connectivity index (χ0v) is 20.3. The standard InChI is InChI=1S/C20H33N7O11/c21-9(3-5-13(28)29)16(34)25-10(4-6-14(30)31)17(35)27-12(8-15(32)33)18(36)26-11(19(37)38)2-1-7-24-20(22)23/h9-12H,1-8,21H2,(H,25,34)(H,26,36)(H,27,35)(H,28,29)(H,30,31)(H,32,33)(H,37,38)(H4,22,23,24). The summed E-state index contributed by atoms with van der Waals surface area (Å²) >= 11 is 0. The summed E-state index contributed by atoms with van der Waals surface area (Å²) < 4.78 is 0. The van der Waals surface area contributed by atoms with Crippen LogP contribution in [0.25, 0.3) is 0 Å². The Bertz CT molecular complexity index is 921. The van der Waals surface area contributed by atoms with Crippen LogP contribution < -0.4 is 33.2 Å². The van der Waals surface area contributed by atoms with Gasteiger partial charge in [-0.05, 0) is 25.7 Å². The van der Waals surface area contributed by atoms with E-state index in [1.165, 1.54) is 0 Å². The van der Waals surface area contributed by atoms with Crippen molar-refractivity contribution in [2.24, 2.45) is 22.2 Å². The summed E-state index contributed by atoms with van der Waals surface area (Å²) in [7, 11) is 0. The Kier molecular flexibility index (Phi) is 15.0. The monoisotopic (exact) mass is 547 g/mol. The smallest absolute Gasteiger partial charge is 0.326 e. The number of carbonyl (C=O) groups excluding carboxylic acids is 3. The molecule has 0 spiro atoms. The molecule has 0 fully saturated rings. The third-order valence-electron chi connectivity index (χ3n) is 4.86. The minimum atomic E-state index is -1.80. The van der Waals surface area contributed by atoms with Gasteiger partial charge in [0.25, 0.3) is 0 Å².